The minimum atomic E-state index is 0. The van der Waals surface area contributed by atoms with Crippen LogP contribution in [0.5, 0.6) is 0 Å². The van der Waals surface area contributed by atoms with Crippen molar-refractivity contribution in [3.05, 3.63) is 20.8 Å². The molecule has 0 fully saturated rings. The van der Waals surface area contributed by atoms with Gasteiger partial charge in [-0.3, -0.25) is 0 Å². The maximum Gasteiger partial charge on any atom is 4.00 e. The number of halogens is 4. The van der Waals surface area contributed by atoms with Gasteiger partial charge in [0.25, 0.3) is 0 Å². The van der Waals surface area contributed by atoms with Gasteiger partial charge in [-0.15, -0.1) is 0 Å². The molecule has 30 heavy (non-hydrogen) atoms. The molecule has 0 atom stereocenters. The number of unbranched alkanes of at least 4 members (excludes halogenated alkanes) is 15. The molecule has 0 spiro atoms. The summed E-state index contributed by atoms with van der Waals surface area (Å²) in [6.45, 7) is 18.1. The molecule has 0 saturated carbocycles. The molecule has 185 valence electrons. The van der Waals surface area contributed by atoms with Crippen LogP contribution in [0.4, 0.5) is 0 Å². The van der Waals surface area contributed by atoms with Crippen LogP contribution in [0.15, 0.2) is 0 Å². The van der Waals surface area contributed by atoms with Gasteiger partial charge in [0.2, 0.25) is 0 Å². The second-order valence-corrected chi connectivity index (χ2v) is 6.80. The van der Waals surface area contributed by atoms with Gasteiger partial charge < -0.3 is 70.4 Å². The standard InChI is InChI=1S/3C8H17.Al.4ClH.Ti/c3*1-3-5-7-8-6-4-2;;;;;;/h3*1,3-8H2,2H3;;4*1H;/q3*-1;;;;;;+4/p-4. The van der Waals surface area contributed by atoms with Gasteiger partial charge in [-0.25, -0.2) is 0 Å². The molecule has 0 aromatic carbocycles. The molecule has 6 heteroatoms. The zero-order valence-electron chi connectivity index (χ0n) is 20.4. The minimum absolute atomic E-state index is 0. The zero-order valence-corrected chi connectivity index (χ0v) is 26.2. The molecule has 0 aliphatic rings. The van der Waals surface area contributed by atoms with Crippen molar-refractivity contribution in [1.82, 2.24) is 0 Å². The summed E-state index contributed by atoms with van der Waals surface area (Å²) in [4.78, 5) is 0. The van der Waals surface area contributed by atoms with Gasteiger partial charge in [0.15, 0.2) is 0 Å². The van der Waals surface area contributed by atoms with E-state index in [9.17, 15) is 0 Å². The van der Waals surface area contributed by atoms with Crippen molar-refractivity contribution in [2.75, 3.05) is 0 Å². The Labute approximate surface area is 244 Å². The smallest absolute Gasteiger partial charge is 1.00 e. The molecule has 0 saturated heterocycles. The summed E-state index contributed by atoms with van der Waals surface area (Å²) in [6.07, 6.45) is 23.9. The van der Waals surface area contributed by atoms with Gasteiger partial charge in [0.05, 0.1) is 0 Å². The van der Waals surface area contributed by atoms with Crippen molar-refractivity contribution >= 4 is 17.4 Å². The third-order valence-corrected chi connectivity index (χ3v) is 4.06. The molecule has 0 heterocycles. The van der Waals surface area contributed by atoms with Crippen molar-refractivity contribution in [3.63, 3.8) is 0 Å². The molecule has 0 amide bonds. The van der Waals surface area contributed by atoms with Crippen LogP contribution in [0.25, 0.3) is 0 Å². The average Bonchev–Trinajstić information content (AvgIpc) is 2.61. The van der Waals surface area contributed by atoms with Gasteiger partial charge in [0.1, 0.15) is 0 Å². The van der Waals surface area contributed by atoms with Crippen molar-refractivity contribution in [2.24, 2.45) is 0 Å². The van der Waals surface area contributed by atoms with Gasteiger partial charge in [-0.05, 0) is 0 Å². The molecule has 0 N–H and O–H groups in total. The van der Waals surface area contributed by atoms with Crippen LogP contribution in [-0.2, 0) is 21.7 Å². The van der Waals surface area contributed by atoms with E-state index < -0.39 is 0 Å². The Bertz CT molecular complexity index is 133. The van der Waals surface area contributed by atoms with E-state index in [1.807, 2.05) is 0 Å². The molecule has 0 rings (SSSR count). The largest absolute Gasteiger partial charge is 4.00 e. The van der Waals surface area contributed by atoms with Gasteiger partial charge in [-0.1, -0.05) is 117 Å². The molecule has 0 aliphatic carbocycles. The van der Waals surface area contributed by atoms with E-state index in [1.165, 1.54) is 96.3 Å². The summed E-state index contributed by atoms with van der Waals surface area (Å²) in [5.74, 6) is 0. The monoisotopic (exact) mass is 554 g/mol. The summed E-state index contributed by atoms with van der Waals surface area (Å²) in [5, 5.41) is 0. The van der Waals surface area contributed by atoms with E-state index >= 15 is 0 Å². The molecule has 0 nitrogen and oxygen atoms in total. The summed E-state index contributed by atoms with van der Waals surface area (Å²) in [7, 11) is 0. The van der Waals surface area contributed by atoms with E-state index in [0.717, 1.165) is 19.3 Å². The average molecular weight is 556 g/mol. The van der Waals surface area contributed by atoms with Crippen LogP contribution in [0.2, 0.25) is 0 Å². The topological polar surface area (TPSA) is 0 Å². The second kappa shape index (κ2) is 69.7. The number of hydrogen-bond donors (Lipinski definition) is 0. The third kappa shape index (κ3) is 86.8. The molecule has 3 radical (unpaired) electrons. The molecule has 0 unspecified atom stereocenters. The third-order valence-electron chi connectivity index (χ3n) is 4.06. The molecular formula is C24H51AlCl4Ti-3. The summed E-state index contributed by atoms with van der Waals surface area (Å²) < 4.78 is 0. The van der Waals surface area contributed by atoms with Crippen LogP contribution in [0.1, 0.15) is 136 Å². The Morgan fingerprint density at radius 1 is 0.367 bits per heavy atom. The fraction of sp³-hybridized carbons (Fsp3) is 0.875. The van der Waals surface area contributed by atoms with Crippen LogP contribution in [-0.4, -0.2) is 17.4 Å². The Hall–Kier alpha value is 2.41. The van der Waals surface area contributed by atoms with Gasteiger partial charge in [-0.2, -0.15) is 19.3 Å². The molecule has 0 bridgehead atoms. The zero-order chi connectivity index (χ0) is 18.7. The number of rotatable bonds is 15. The Morgan fingerprint density at radius 2 is 0.533 bits per heavy atom. The van der Waals surface area contributed by atoms with Crippen molar-refractivity contribution in [1.29, 1.82) is 0 Å². The van der Waals surface area contributed by atoms with E-state index in [1.54, 1.807) is 0 Å². The Morgan fingerprint density at radius 3 is 0.667 bits per heavy atom. The maximum atomic E-state index is 3.78. The van der Waals surface area contributed by atoms with Crippen LogP contribution in [0.3, 0.4) is 0 Å². The van der Waals surface area contributed by atoms with Crippen LogP contribution < -0.4 is 49.6 Å². The van der Waals surface area contributed by atoms with E-state index in [4.69, 9.17) is 0 Å². The first-order valence-corrected chi connectivity index (χ1v) is 11.1. The second-order valence-electron chi connectivity index (χ2n) is 6.80. The van der Waals surface area contributed by atoms with Gasteiger partial charge in [0, 0.05) is 17.4 Å². The van der Waals surface area contributed by atoms with E-state index in [2.05, 4.69) is 41.5 Å². The van der Waals surface area contributed by atoms with Gasteiger partial charge >= 0.3 is 21.7 Å². The first-order valence-electron chi connectivity index (χ1n) is 11.1. The fourth-order valence-electron chi connectivity index (χ4n) is 2.34. The molecular weight excluding hydrogens is 505 g/mol. The van der Waals surface area contributed by atoms with Crippen molar-refractivity contribution < 1.29 is 71.3 Å². The predicted octanol–water partition coefficient (Wildman–Crippen LogP) is -2.82. The minimum Gasteiger partial charge on any atom is -1.00 e. The quantitative estimate of drug-likeness (QED) is 0.116. The van der Waals surface area contributed by atoms with Crippen molar-refractivity contribution in [2.45, 2.75) is 136 Å². The molecule has 0 aromatic heterocycles. The van der Waals surface area contributed by atoms with Crippen LogP contribution in [0, 0.1) is 20.8 Å². The first-order chi connectivity index (χ1) is 11.7. The maximum absolute atomic E-state index is 3.78. The summed E-state index contributed by atoms with van der Waals surface area (Å²) >= 11 is 0. The summed E-state index contributed by atoms with van der Waals surface area (Å²) in [6, 6.07) is 0. The molecule has 0 aromatic rings. The first kappa shape index (κ1) is 58.3. The van der Waals surface area contributed by atoms with Crippen molar-refractivity contribution in [3.8, 4) is 0 Å². The van der Waals surface area contributed by atoms with E-state index in [0.29, 0.717) is 0 Å². The Balaban J connectivity index is -0.0000000286. The number of hydrogen-bond acceptors (Lipinski definition) is 0. The predicted molar refractivity (Wildman–Crippen MR) is 122 cm³/mol. The molecule has 0 aliphatic heterocycles. The fourth-order valence-corrected chi connectivity index (χ4v) is 2.34. The Kier molecular flexibility index (Phi) is 136. The SMILES string of the molecule is [Al].[CH2-]CCCCCCC.[CH2-]CCCCCCC.[CH2-]CCCCCCC.[Cl-].[Cl-].[Cl-].[Cl-].[Ti+4]. The summed E-state index contributed by atoms with van der Waals surface area (Å²) in [5.41, 5.74) is 0. The van der Waals surface area contributed by atoms with E-state index in [-0.39, 0.29) is 88.7 Å². The van der Waals surface area contributed by atoms with Crippen LogP contribution >= 0.6 is 0 Å². The normalized spacial score (nSPS) is 7.80.